The van der Waals surface area contributed by atoms with E-state index in [-0.39, 0.29) is 5.82 Å². The number of hydrogen-bond donors (Lipinski definition) is 1. The van der Waals surface area contributed by atoms with Crippen LogP contribution in [-0.4, -0.2) is 6.04 Å². The molecule has 0 aromatic heterocycles. The summed E-state index contributed by atoms with van der Waals surface area (Å²) in [6.07, 6.45) is 3.30. The predicted octanol–water partition coefficient (Wildman–Crippen LogP) is 4.45. The molecule has 1 aromatic carbocycles. The number of rotatable bonds is 6. The van der Waals surface area contributed by atoms with Gasteiger partial charge in [0.15, 0.2) is 0 Å². The molecule has 0 aliphatic rings. The Hall–Kier alpha value is -1.05. The third-order valence-corrected chi connectivity index (χ3v) is 3.11. The summed E-state index contributed by atoms with van der Waals surface area (Å²) in [5.41, 5.74) is 0.623. The van der Waals surface area contributed by atoms with Crippen molar-refractivity contribution in [3.05, 3.63) is 30.1 Å². The highest BCUT2D eigenvalue weighted by Crippen LogP contribution is 2.19. The molecule has 0 saturated heterocycles. The van der Waals surface area contributed by atoms with Crippen molar-refractivity contribution in [1.82, 2.24) is 0 Å². The standard InChI is InChI=1S/C14H22FN/c1-4-11(3)10-12(5-2)16-14-9-7-6-8-13(14)15/h6-9,11-12,16H,4-5,10H2,1-3H3. The van der Waals surface area contributed by atoms with Crippen molar-refractivity contribution in [2.24, 2.45) is 5.92 Å². The summed E-state index contributed by atoms with van der Waals surface area (Å²) in [6, 6.07) is 7.25. The first kappa shape index (κ1) is 13.0. The minimum absolute atomic E-state index is 0.162. The molecule has 2 heteroatoms. The van der Waals surface area contributed by atoms with Crippen molar-refractivity contribution in [2.45, 2.75) is 46.1 Å². The smallest absolute Gasteiger partial charge is 0.146 e. The average molecular weight is 223 g/mol. The fourth-order valence-electron chi connectivity index (χ4n) is 1.78. The van der Waals surface area contributed by atoms with Gasteiger partial charge in [-0.1, -0.05) is 39.3 Å². The number of nitrogens with one attached hydrogen (secondary N) is 1. The van der Waals surface area contributed by atoms with Gasteiger partial charge < -0.3 is 5.32 Å². The van der Waals surface area contributed by atoms with E-state index in [0.717, 1.165) is 12.8 Å². The highest BCUT2D eigenvalue weighted by molar-refractivity contribution is 5.45. The SMILES string of the molecule is CCC(C)CC(CC)Nc1ccccc1F. The van der Waals surface area contributed by atoms with Crippen molar-refractivity contribution in [1.29, 1.82) is 0 Å². The molecule has 1 rings (SSSR count). The minimum Gasteiger partial charge on any atom is -0.380 e. The Bertz CT molecular complexity index is 311. The number of benzene rings is 1. The largest absolute Gasteiger partial charge is 0.380 e. The molecule has 0 radical (unpaired) electrons. The summed E-state index contributed by atoms with van der Waals surface area (Å²) in [7, 11) is 0. The molecule has 0 aliphatic heterocycles. The zero-order chi connectivity index (χ0) is 12.0. The molecule has 0 saturated carbocycles. The molecule has 1 N–H and O–H groups in total. The van der Waals surface area contributed by atoms with Gasteiger partial charge in [0.25, 0.3) is 0 Å². The van der Waals surface area contributed by atoms with Gasteiger partial charge in [0, 0.05) is 6.04 Å². The fraction of sp³-hybridized carbons (Fsp3) is 0.571. The van der Waals surface area contributed by atoms with Gasteiger partial charge in [-0.25, -0.2) is 4.39 Å². The summed E-state index contributed by atoms with van der Waals surface area (Å²) >= 11 is 0. The lowest BCUT2D eigenvalue weighted by atomic mass is 9.97. The fourth-order valence-corrected chi connectivity index (χ4v) is 1.78. The Kier molecular flexibility index (Phi) is 5.30. The van der Waals surface area contributed by atoms with Crippen LogP contribution < -0.4 is 5.32 Å². The molecule has 0 aliphatic carbocycles. The van der Waals surface area contributed by atoms with E-state index in [0.29, 0.717) is 17.6 Å². The van der Waals surface area contributed by atoms with Crippen molar-refractivity contribution in [3.8, 4) is 0 Å². The highest BCUT2D eigenvalue weighted by Gasteiger charge is 2.11. The van der Waals surface area contributed by atoms with Crippen LogP contribution in [-0.2, 0) is 0 Å². The Morgan fingerprint density at radius 3 is 2.44 bits per heavy atom. The van der Waals surface area contributed by atoms with Crippen LogP contribution >= 0.6 is 0 Å². The number of halogens is 1. The van der Waals surface area contributed by atoms with Crippen LogP contribution in [0, 0.1) is 11.7 Å². The zero-order valence-corrected chi connectivity index (χ0v) is 10.5. The summed E-state index contributed by atoms with van der Waals surface area (Å²) in [6.45, 7) is 6.58. The second kappa shape index (κ2) is 6.51. The molecule has 0 amide bonds. The van der Waals surface area contributed by atoms with Crippen LogP contribution in [0.4, 0.5) is 10.1 Å². The highest BCUT2D eigenvalue weighted by atomic mass is 19.1. The van der Waals surface area contributed by atoms with Gasteiger partial charge >= 0.3 is 0 Å². The van der Waals surface area contributed by atoms with Gasteiger partial charge in [0.1, 0.15) is 5.82 Å². The minimum atomic E-state index is -0.162. The van der Waals surface area contributed by atoms with E-state index >= 15 is 0 Å². The summed E-state index contributed by atoms with van der Waals surface area (Å²) in [4.78, 5) is 0. The molecule has 0 spiro atoms. The van der Waals surface area contributed by atoms with E-state index in [2.05, 4.69) is 26.1 Å². The topological polar surface area (TPSA) is 12.0 Å². The maximum Gasteiger partial charge on any atom is 0.146 e. The first-order valence-electron chi connectivity index (χ1n) is 6.18. The molecular weight excluding hydrogens is 201 g/mol. The molecule has 0 heterocycles. The monoisotopic (exact) mass is 223 g/mol. The molecular formula is C14H22FN. The Balaban J connectivity index is 2.60. The van der Waals surface area contributed by atoms with Gasteiger partial charge in [-0.15, -0.1) is 0 Å². The van der Waals surface area contributed by atoms with Gasteiger partial charge in [-0.3, -0.25) is 0 Å². The van der Waals surface area contributed by atoms with Crippen molar-refractivity contribution in [2.75, 3.05) is 5.32 Å². The van der Waals surface area contributed by atoms with Crippen LogP contribution in [0.25, 0.3) is 0 Å². The Morgan fingerprint density at radius 1 is 1.19 bits per heavy atom. The second-order valence-electron chi connectivity index (χ2n) is 4.48. The quantitative estimate of drug-likeness (QED) is 0.751. The van der Waals surface area contributed by atoms with Gasteiger partial charge in [0.05, 0.1) is 5.69 Å². The number of para-hydroxylation sites is 1. The molecule has 0 bridgehead atoms. The normalized spacial score (nSPS) is 14.5. The second-order valence-corrected chi connectivity index (χ2v) is 4.48. The van der Waals surface area contributed by atoms with Gasteiger partial charge in [-0.05, 0) is 30.9 Å². The Morgan fingerprint density at radius 2 is 1.88 bits per heavy atom. The van der Waals surface area contributed by atoms with Crippen LogP contribution in [0.1, 0.15) is 40.0 Å². The van der Waals surface area contributed by atoms with Crippen molar-refractivity contribution >= 4 is 5.69 Å². The van der Waals surface area contributed by atoms with E-state index in [1.165, 1.54) is 12.5 Å². The maximum absolute atomic E-state index is 13.4. The van der Waals surface area contributed by atoms with Crippen LogP contribution in [0.3, 0.4) is 0 Å². The van der Waals surface area contributed by atoms with E-state index in [4.69, 9.17) is 0 Å². The van der Waals surface area contributed by atoms with Crippen LogP contribution in [0.5, 0.6) is 0 Å². The molecule has 90 valence electrons. The number of anilines is 1. The first-order chi connectivity index (χ1) is 7.67. The molecule has 0 fully saturated rings. The summed E-state index contributed by atoms with van der Waals surface area (Å²) in [5.74, 6) is 0.523. The Labute approximate surface area is 98.1 Å². The van der Waals surface area contributed by atoms with Gasteiger partial charge in [0.2, 0.25) is 0 Å². The summed E-state index contributed by atoms with van der Waals surface area (Å²) in [5, 5.41) is 3.29. The van der Waals surface area contributed by atoms with Gasteiger partial charge in [-0.2, -0.15) is 0 Å². The van der Waals surface area contributed by atoms with Crippen LogP contribution in [0.2, 0.25) is 0 Å². The van der Waals surface area contributed by atoms with E-state index < -0.39 is 0 Å². The molecule has 2 unspecified atom stereocenters. The van der Waals surface area contributed by atoms with Crippen LogP contribution in [0.15, 0.2) is 24.3 Å². The maximum atomic E-state index is 13.4. The van der Waals surface area contributed by atoms with E-state index in [1.807, 2.05) is 6.07 Å². The number of hydrogen-bond acceptors (Lipinski definition) is 1. The van der Waals surface area contributed by atoms with E-state index in [9.17, 15) is 4.39 Å². The molecule has 1 aromatic rings. The zero-order valence-electron chi connectivity index (χ0n) is 10.5. The first-order valence-corrected chi connectivity index (χ1v) is 6.18. The van der Waals surface area contributed by atoms with E-state index in [1.54, 1.807) is 12.1 Å². The van der Waals surface area contributed by atoms with Crippen molar-refractivity contribution in [3.63, 3.8) is 0 Å². The summed E-state index contributed by atoms with van der Waals surface area (Å²) < 4.78 is 13.4. The molecule has 2 atom stereocenters. The molecule has 1 nitrogen and oxygen atoms in total. The third kappa shape index (κ3) is 3.84. The predicted molar refractivity (Wildman–Crippen MR) is 68.2 cm³/mol. The lowest BCUT2D eigenvalue weighted by molar-refractivity contribution is 0.460. The van der Waals surface area contributed by atoms with Crippen molar-refractivity contribution < 1.29 is 4.39 Å². The lowest BCUT2D eigenvalue weighted by Gasteiger charge is -2.21. The molecule has 16 heavy (non-hydrogen) atoms. The lowest BCUT2D eigenvalue weighted by Crippen LogP contribution is -2.21. The third-order valence-electron chi connectivity index (χ3n) is 3.11. The average Bonchev–Trinajstić information content (AvgIpc) is 2.30.